The zero-order valence-electron chi connectivity index (χ0n) is 11.5. The summed E-state index contributed by atoms with van der Waals surface area (Å²) in [6, 6.07) is 5.04. The fraction of sp³-hybridized carbons (Fsp3) is 0.462. The van der Waals surface area contributed by atoms with Gasteiger partial charge in [-0.2, -0.15) is 0 Å². The van der Waals surface area contributed by atoms with E-state index in [1.165, 1.54) is 0 Å². The van der Waals surface area contributed by atoms with Gasteiger partial charge in [0.15, 0.2) is 0 Å². The number of amides is 1. The summed E-state index contributed by atoms with van der Waals surface area (Å²) in [6.45, 7) is 6.41. The summed E-state index contributed by atoms with van der Waals surface area (Å²) in [7, 11) is 0. The van der Waals surface area contributed by atoms with E-state index < -0.39 is 24.2 Å². The third-order valence-corrected chi connectivity index (χ3v) is 2.06. The molecule has 0 aliphatic carbocycles. The molecule has 0 aliphatic heterocycles. The Hall–Kier alpha value is -2.11. The molecule has 1 rings (SSSR count). The van der Waals surface area contributed by atoms with E-state index in [0.29, 0.717) is 5.69 Å². The molecule has 0 aliphatic rings. The summed E-state index contributed by atoms with van der Waals surface area (Å²) >= 11 is 0. The topological polar surface area (TPSA) is 79.7 Å². The minimum Gasteiger partial charge on any atom is -0.480 e. The number of nitrogens with zero attached hydrogens (tertiary/aromatic N) is 2. The molecule has 0 bridgehead atoms. The van der Waals surface area contributed by atoms with E-state index in [9.17, 15) is 9.59 Å². The van der Waals surface area contributed by atoms with Gasteiger partial charge in [0.25, 0.3) is 0 Å². The Kier molecular flexibility index (Phi) is 4.47. The van der Waals surface area contributed by atoms with Crippen molar-refractivity contribution in [1.82, 2.24) is 4.98 Å². The number of aryl methyl sites for hydroxylation is 1. The summed E-state index contributed by atoms with van der Waals surface area (Å²) in [5.41, 5.74) is -0.00561. The molecule has 0 saturated carbocycles. The van der Waals surface area contributed by atoms with Crippen LogP contribution in [0.1, 0.15) is 26.5 Å². The van der Waals surface area contributed by atoms with Crippen molar-refractivity contribution in [2.24, 2.45) is 0 Å². The molecule has 0 atom stereocenters. The van der Waals surface area contributed by atoms with Crippen LogP contribution in [0.2, 0.25) is 0 Å². The largest absolute Gasteiger partial charge is 0.480 e. The van der Waals surface area contributed by atoms with Gasteiger partial charge in [-0.3, -0.25) is 9.69 Å². The summed E-state index contributed by atoms with van der Waals surface area (Å²) in [5.74, 6) is -0.870. The van der Waals surface area contributed by atoms with Crippen LogP contribution in [0, 0.1) is 6.92 Å². The van der Waals surface area contributed by atoms with Gasteiger partial charge in [-0.15, -0.1) is 0 Å². The lowest BCUT2D eigenvalue weighted by Gasteiger charge is -2.25. The number of carboxylic acid groups (broad SMARTS) is 1. The summed E-state index contributed by atoms with van der Waals surface area (Å²) < 4.78 is 5.18. The molecular weight excluding hydrogens is 248 g/mol. The van der Waals surface area contributed by atoms with E-state index >= 15 is 0 Å². The Bertz CT molecular complexity index is 480. The summed E-state index contributed by atoms with van der Waals surface area (Å²) in [6.07, 6.45) is -0.729. The lowest BCUT2D eigenvalue weighted by Crippen LogP contribution is -2.40. The Balaban J connectivity index is 3.01. The quantitative estimate of drug-likeness (QED) is 0.907. The Labute approximate surface area is 112 Å². The third kappa shape index (κ3) is 4.95. The summed E-state index contributed by atoms with van der Waals surface area (Å²) in [4.78, 5) is 28.0. The highest BCUT2D eigenvalue weighted by Crippen LogP contribution is 2.16. The number of carbonyl (C=O) groups excluding carboxylic acids is 1. The van der Waals surface area contributed by atoms with Crippen molar-refractivity contribution in [1.29, 1.82) is 0 Å². The lowest BCUT2D eigenvalue weighted by atomic mass is 10.2. The number of hydrogen-bond donors (Lipinski definition) is 1. The number of carbonyl (C=O) groups is 2. The van der Waals surface area contributed by atoms with E-state index in [4.69, 9.17) is 9.84 Å². The first-order chi connectivity index (χ1) is 8.69. The average Bonchev–Trinajstić information content (AvgIpc) is 2.23. The number of anilines is 1. The van der Waals surface area contributed by atoms with Crippen molar-refractivity contribution in [3.63, 3.8) is 0 Å². The lowest BCUT2D eigenvalue weighted by molar-refractivity contribution is -0.135. The maximum absolute atomic E-state index is 12.0. The van der Waals surface area contributed by atoms with E-state index in [1.54, 1.807) is 45.9 Å². The predicted molar refractivity (Wildman–Crippen MR) is 70.2 cm³/mol. The molecule has 1 amide bonds. The number of carboxylic acids is 1. The highest BCUT2D eigenvalue weighted by molar-refractivity contribution is 5.92. The molecule has 0 unspecified atom stereocenters. The monoisotopic (exact) mass is 266 g/mol. The van der Waals surface area contributed by atoms with Crippen LogP contribution in [0.3, 0.4) is 0 Å². The van der Waals surface area contributed by atoms with Crippen LogP contribution < -0.4 is 4.90 Å². The maximum atomic E-state index is 12.0. The number of pyridine rings is 1. The van der Waals surface area contributed by atoms with Crippen LogP contribution in [0.15, 0.2) is 18.2 Å². The third-order valence-electron chi connectivity index (χ3n) is 2.06. The van der Waals surface area contributed by atoms with Gasteiger partial charge in [0, 0.05) is 5.69 Å². The van der Waals surface area contributed by atoms with Crippen molar-refractivity contribution >= 4 is 17.9 Å². The first kappa shape index (κ1) is 14.9. The van der Waals surface area contributed by atoms with Crippen molar-refractivity contribution < 1.29 is 19.4 Å². The molecule has 0 radical (unpaired) electrons. The fourth-order valence-corrected chi connectivity index (χ4v) is 1.37. The van der Waals surface area contributed by atoms with Gasteiger partial charge >= 0.3 is 12.1 Å². The molecule has 0 aromatic carbocycles. The van der Waals surface area contributed by atoms with E-state index in [-0.39, 0.29) is 5.82 Å². The minimum absolute atomic E-state index is 0.261. The van der Waals surface area contributed by atoms with Gasteiger partial charge in [0.1, 0.15) is 18.0 Å². The zero-order chi connectivity index (χ0) is 14.6. The number of rotatable bonds is 3. The first-order valence-corrected chi connectivity index (χ1v) is 5.85. The van der Waals surface area contributed by atoms with Crippen molar-refractivity contribution in [3.8, 4) is 0 Å². The van der Waals surface area contributed by atoms with Crippen molar-refractivity contribution in [2.75, 3.05) is 11.4 Å². The predicted octanol–water partition coefficient (Wildman–Crippen LogP) is 2.22. The van der Waals surface area contributed by atoms with Gasteiger partial charge in [-0.25, -0.2) is 9.78 Å². The summed E-state index contributed by atoms with van der Waals surface area (Å²) in [5, 5.41) is 8.88. The van der Waals surface area contributed by atoms with Crippen LogP contribution in [0.25, 0.3) is 0 Å². The van der Waals surface area contributed by atoms with Gasteiger partial charge in [-0.1, -0.05) is 6.07 Å². The van der Waals surface area contributed by atoms with Crippen LogP contribution in [0.5, 0.6) is 0 Å². The van der Waals surface area contributed by atoms with Gasteiger partial charge < -0.3 is 9.84 Å². The molecule has 0 spiro atoms. The SMILES string of the molecule is Cc1cccc(N(CC(=O)O)C(=O)OC(C)(C)C)n1. The molecule has 1 heterocycles. The number of aliphatic carboxylic acids is 1. The normalized spacial score (nSPS) is 10.9. The molecule has 1 aromatic heterocycles. The van der Waals surface area contributed by atoms with Crippen molar-refractivity contribution in [3.05, 3.63) is 23.9 Å². The molecule has 0 fully saturated rings. The molecule has 6 nitrogen and oxygen atoms in total. The number of aromatic nitrogens is 1. The van der Waals surface area contributed by atoms with Crippen LogP contribution >= 0.6 is 0 Å². The van der Waals surface area contributed by atoms with Gasteiger partial charge in [0.2, 0.25) is 0 Å². The van der Waals surface area contributed by atoms with Crippen LogP contribution in [-0.4, -0.2) is 34.3 Å². The van der Waals surface area contributed by atoms with Gasteiger partial charge in [0.05, 0.1) is 0 Å². The second kappa shape index (κ2) is 5.69. The number of hydrogen-bond acceptors (Lipinski definition) is 4. The molecule has 1 N–H and O–H groups in total. The van der Waals surface area contributed by atoms with Crippen LogP contribution in [-0.2, 0) is 9.53 Å². The van der Waals surface area contributed by atoms with Crippen LogP contribution in [0.4, 0.5) is 10.6 Å². The first-order valence-electron chi connectivity index (χ1n) is 5.85. The van der Waals surface area contributed by atoms with E-state index in [2.05, 4.69) is 4.98 Å². The molecular formula is C13H18N2O4. The maximum Gasteiger partial charge on any atom is 0.416 e. The number of ether oxygens (including phenoxy) is 1. The van der Waals surface area contributed by atoms with Crippen molar-refractivity contribution in [2.45, 2.75) is 33.3 Å². The van der Waals surface area contributed by atoms with Gasteiger partial charge in [-0.05, 0) is 39.8 Å². The highest BCUT2D eigenvalue weighted by atomic mass is 16.6. The molecule has 104 valence electrons. The van der Waals surface area contributed by atoms with E-state index in [0.717, 1.165) is 4.90 Å². The smallest absolute Gasteiger partial charge is 0.416 e. The molecule has 19 heavy (non-hydrogen) atoms. The Morgan fingerprint density at radius 2 is 2.00 bits per heavy atom. The molecule has 1 aromatic rings. The molecule has 6 heteroatoms. The Morgan fingerprint density at radius 1 is 1.37 bits per heavy atom. The molecule has 0 saturated heterocycles. The zero-order valence-corrected chi connectivity index (χ0v) is 11.5. The fourth-order valence-electron chi connectivity index (χ4n) is 1.37. The average molecular weight is 266 g/mol. The Morgan fingerprint density at radius 3 is 2.47 bits per heavy atom. The van der Waals surface area contributed by atoms with E-state index in [1.807, 2.05) is 0 Å². The second-order valence-corrected chi connectivity index (χ2v) is 5.10. The highest BCUT2D eigenvalue weighted by Gasteiger charge is 2.26. The standard InChI is InChI=1S/C13H18N2O4/c1-9-6-5-7-10(14-9)15(8-11(16)17)12(18)19-13(2,3)4/h5-7H,8H2,1-4H3,(H,16,17). The minimum atomic E-state index is -1.13. The second-order valence-electron chi connectivity index (χ2n) is 5.10.